The molecule has 0 amide bonds. The fraction of sp³-hybridized carbons (Fsp3) is 0.292. The predicted molar refractivity (Wildman–Crippen MR) is 133 cm³/mol. The highest BCUT2D eigenvalue weighted by atomic mass is 16.5. The van der Waals surface area contributed by atoms with Crippen LogP contribution in [0.3, 0.4) is 0 Å². The Hall–Kier alpha value is -4.21. The summed E-state index contributed by atoms with van der Waals surface area (Å²) in [6.45, 7) is 4.84. The summed E-state index contributed by atoms with van der Waals surface area (Å²) in [6, 6.07) is 9.27. The molecule has 0 aliphatic rings. The number of H-pyrrole nitrogens is 1. The number of nitrogens with zero attached hydrogens (tertiary/aromatic N) is 5. The zero-order valence-electron chi connectivity index (χ0n) is 19.5. The fourth-order valence-corrected chi connectivity index (χ4v) is 3.71. The normalized spacial score (nSPS) is 11.7. The van der Waals surface area contributed by atoms with E-state index in [0.29, 0.717) is 47.0 Å². The Morgan fingerprint density at radius 1 is 1.29 bits per heavy atom. The van der Waals surface area contributed by atoms with Crippen LogP contribution in [0.4, 0.5) is 5.69 Å². The number of rotatable bonds is 8. The van der Waals surface area contributed by atoms with E-state index in [4.69, 9.17) is 15.5 Å². The summed E-state index contributed by atoms with van der Waals surface area (Å²) in [5.74, 6) is 1.26. The lowest BCUT2D eigenvalue weighted by Gasteiger charge is -2.13. The van der Waals surface area contributed by atoms with Gasteiger partial charge in [-0.05, 0) is 43.2 Å². The molecule has 3 aromatic heterocycles. The molecule has 10 heteroatoms. The maximum atomic E-state index is 12.9. The molecule has 176 valence electrons. The number of pyridine rings is 1. The SMILES string of the molecule is CCCc1nn(C)c2c(=O)[nH]c(-c3cc(NC(N)=NCc4cccnc4)ccc3OCC)nc12. The quantitative estimate of drug-likeness (QED) is 0.272. The van der Waals surface area contributed by atoms with Gasteiger partial charge in [-0.1, -0.05) is 19.4 Å². The number of nitrogens with one attached hydrogen (secondary N) is 2. The van der Waals surface area contributed by atoms with E-state index in [2.05, 4.69) is 32.3 Å². The number of aromatic amines is 1. The van der Waals surface area contributed by atoms with Crippen molar-refractivity contribution in [3.05, 3.63) is 64.3 Å². The molecule has 3 heterocycles. The van der Waals surface area contributed by atoms with Gasteiger partial charge in [-0.15, -0.1) is 0 Å². The van der Waals surface area contributed by atoms with Gasteiger partial charge in [-0.3, -0.25) is 14.5 Å². The fourth-order valence-electron chi connectivity index (χ4n) is 3.71. The molecule has 0 atom stereocenters. The topological polar surface area (TPSA) is 136 Å². The van der Waals surface area contributed by atoms with Gasteiger partial charge >= 0.3 is 0 Å². The summed E-state index contributed by atoms with van der Waals surface area (Å²) in [5, 5.41) is 7.58. The monoisotopic (exact) mass is 460 g/mol. The van der Waals surface area contributed by atoms with E-state index >= 15 is 0 Å². The second-order valence-corrected chi connectivity index (χ2v) is 7.76. The van der Waals surface area contributed by atoms with Crippen LogP contribution in [0.1, 0.15) is 31.5 Å². The highest BCUT2D eigenvalue weighted by molar-refractivity contribution is 5.93. The number of hydrogen-bond acceptors (Lipinski definition) is 6. The van der Waals surface area contributed by atoms with Gasteiger partial charge in [0, 0.05) is 25.1 Å². The van der Waals surface area contributed by atoms with Crippen molar-refractivity contribution in [3.8, 4) is 17.1 Å². The Bertz CT molecular complexity index is 1380. The molecule has 0 aliphatic carbocycles. The van der Waals surface area contributed by atoms with Crippen molar-refractivity contribution in [1.82, 2.24) is 24.7 Å². The molecule has 0 aliphatic heterocycles. The third-order valence-corrected chi connectivity index (χ3v) is 5.21. The number of fused-ring (bicyclic) bond motifs is 1. The summed E-state index contributed by atoms with van der Waals surface area (Å²) in [7, 11) is 1.75. The Kier molecular flexibility index (Phi) is 6.86. The third kappa shape index (κ3) is 4.90. The highest BCUT2D eigenvalue weighted by Gasteiger charge is 2.18. The number of hydrogen-bond donors (Lipinski definition) is 3. The molecule has 0 bridgehead atoms. The van der Waals surface area contributed by atoms with Crippen LogP contribution in [0, 0.1) is 0 Å². The lowest BCUT2D eigenvalue weighted by Crippen LogP contribution is -2.22. The van der Waals surface area contributed by atoms with E-state index in [9.17, 15) is 4.79 Å². The number of benzene rings is 1. The van der Waals surface area contributed by atoms with Crippen LogP contribution < -0.4 is 21.3 Å². The standard InChI is InChI=1S/C24H28N8O2/c1-4-7-18-20-21(32(3)31-18)23(33)30-22(29-20)17-12-16(9-10-19(17)34-5-2)28-24(25)27-14-15-8-6-11-26-13-15/h6,8-13H,4-5,7,14H2,1-3H3,(H3,25,27,28)(H,29,30,33). The first kappa shape index (κ1) is 23.0. The zero-order valence-corrected chi connectivity index (χ0v) is 19.5. The Morgan fingerprint density at radius 3 is 2.88 bits per heavy atom. The number of aliphatic imine (C=N–C) groups is 1. The summed E-state index contributed by atoms with van der Waals surface area (Å²) in [4.78, 5) is 29.0. The molecule has 0 fully saturated rings. The first-order chi connectivity index (χ1) is 16.5. The van der Waals surface area contributed by atoms with Crippen molar-refractivity contribution >= 4 is 22.7 Å². The van der Waals surface area contributed by atoms with Crippen molar-refractivity contribution < 1.29 is 4.74 Å². The molecule has 4 N–H and O–H groups in total. The molecule has 4 aromatic rings. The first-order valence-corrected chi connectivity index (χ1v) is 11.2. The van der Waals surface area contributed by atoms with Crippen molar-refractivity contribution in [3.63, 3.8) is 0 Å². The van der Waals surface area contributed by atoms with Crippen LogP contribution in [-0.4, -0.2) is 37.3 Å². The minimum atomic E-state index is -0.254. The molecule has 0 unspecified atom stereocenters. The Labute approximate surface area is 196 Å². The summed E-state index contributed by atoms with van der Waals surface area (Å²) in [6.07, 6.45) is 5.09. The van der Waals surface area contributed by atoms with Crippen LogP contribution in [-0.2, 0) is 20.0 Å². The largest absolute Gasteiger partial charge is 0.493 e. The molecule has 34 heavy (non-hydrogen) atoms. The van der Waals surface area contributed by atoms with Crippen LogP contribution in [0.15, 0.2) is 52.5 Å². The molecule has 0 saturated heterocycles. The second-order valence-electron chi connectivity index (χ2n) is 7.76. The van der Waals surface area contributed by atoms with Gasteiger partial charge in [0.1, 0.15) is 17.1 Å². The summed E-state index contributed by atoms with van der Waals surface area (Å²) < 4.78 is 7.39. The predicted octanol–water partition coefficient (Wildman–Crippen LogP) is 3.00. The van der Waals surface area contributed by atoms with E-state index in [1.165, 1.54) is 0 Å². The van der Waals surface area contributed by atoms with Crippen LogP contribution in [0.25, 0.3) is 22.4 Å². The van der Waals surface area contributed by atoms with E-state index in [-0.39, 0.29) is 11.5 Å². The molecule has 0 saturated carbocycles. The minimum Gasteiger partial charge on any atom is -0.493 e. The lowest BCUT2D eigenvalue weighted by molar-refractivity contribution is 0.341. The van der Waals surface area contributed by atoms with Gasteiger partial charge in [0.25, 0.3) is 5.56 Å². The molecule has 4 rings (SSSR count). The van der Waals surface area contributed by atoms with Gasteiger partial charge in [0.15, 0.2) is 11.5 Å². The molecule has 0 radical (unpaired) electrons. The van der Waals surface area contributed by atoms with Crippen molar-refractivity contribution in [1.29, 1.82) is 0 Å². The number of ether oxygens (including phenoxy) is 1. The number of guanidine groups is 1. The maximum absolute atomic E-state index is 12.9. The van der Waals surface area contributed by atoms with Gasteiger partial charge < -0.3 is 20.8 Å². The number of aromatic nitrogens is 5. The minimum absolute atomic E-state index is 0.254. The van der Waals surface area contributed by atoms with Gasteiger partial charge in [0.2, 0.25) is 0 Å². The highest BCUT2D eigenvalue weighted by Crippen LogP contribution is 2.31. The molecule has 0 spiro atoms. The average Bonchev–Trinajstić information content (AvgIpc) is 3.15. The van der Waals surface area contributed by atoms with Crippen molar-refractivity contribution in [2.75, 3.05) is 11.9 Å². The van der Waals surface area contributed by atoms with Gasteiger partial charge in [0.05, 0.1) is 24.4 Å². The molecular formula is C24H28N8O2. The molecular weight excluding hydrogens is 432 g/mol. The van der Waals surface area contributed by atoms with E-state index < -0.39 is 0 Å². The Morgan fingerprint density at radius 2 is 2.15 bits per heavy atom. The van der Waals surface area contributed by atoms with Gasteiger partial charge in [-0.2, -0.15) is 5.10 Å². The van der Waals surface area contributed by atoms with Crippen LogP contribution in [0.5, 0.6) is 5.75 Å². The smallest absolute Gasteiger partial charge is 0.277 e. The number of anilines is 1. The van der Waals surface area contributed by atoms with Crippen molar-refractivity contribution in [2.45, 2.75) is 33.2 Å². The van der Waals surface area contributed by atoms with Crippen molar-refractivity contribution in [2.24, 2.45) is 17.8 Å². The second kappa shape index (κ2) is 10.2. The van der Waals surface area contributed by atoms with Gasteiger partial charge in [-0.25, -0.2) is 9.98 Å². The molecule has 1 aromatic carbocycles. The average molecular weight is 461 g/mol. The first-order valence-electron chi connectivity index (χ1n) is 11.2. The summed E-state index contributed by atoms with van der Waals surface area (Å²) in [5.41, 5.74) is 9.97. The lowest BCUT2D eigenvalue weighted by atomic mass is 10.1. The van der Waals surface area contributed by atoms with E-state index in [1.807, 2.05) is 37.3 Å². The maximum Gasteiger partial charge on any atom is 0.277 e. The summed E-state index contributed by atoms with van der Waals surface area (Å²) >= 11 is 0. The molecule has 10 nitrogen and oxygen atoms in total. The van der Waals surface area contributed by atoms with E-state index in [0.717, 1.165) is 24.1 Å². The number of nitrogens with two attached hydrogens (primary N) is 1. The zero-order chi connectivity index (χ0) is 24.1. The third-order valence-electron chi connectivity index (χ3n) is 5.21. The van der Waals surface area contributed by atoms with Crippen LogP contribution >= 0.6 is 0 Å². The van der Waals surface area contributed by atoms with Crippen LogP contribution in [0.2, 0.25) is 0 Å². The van der Waals surface area contributed by atoms with E-state index in [1.54, 1.807) is 24.1 Å². The Balaban J connectivity index is 1.71. The number of aryl methyl sites for hydroxylation is 2.